The number of rotatable bonds is 7. The van der Waals surface area contributed by atoms with Gasteiger partial charge in [-0.05, 0) is 42.7 Å². The van der Waals surface area contributed by atoms with Crippen LogP contribution in [0.15, 0.2) is 46.9 Å². The van der Waals surface area contributed by atoms with Crippen LogP contribution in [0.1, 0.15) is 43.4 Å². The van der Waals surface area contributed by atoms with Crippen molar-refractivity contribution < 1.29 is 23.1 Å². The lowest BCUT2D eigenvalue weighted by Crippen LogP contribution is -2.42. The summed E-state index contributed by atoms with van der Waals surface area (Å²) in [5.74, 6) is 0.552. The molecule has 0 spiro atoms. The summed E-state index contributed by atoms with van der Waals surface area (Å²) >= 11 is 0. The molecule has 3 aromatic rings. The largest absolute Gasteiger partial charge is 0.493 e. The smallest absolute Gasteiger partial charge is 0.227 e. The van der Waals surface area contributed by atoms with Crippen LogP contribution in [0.2, 0.25) is 0 Å². The van der Waals surface area contributed by atoms with Gasteiger partial charge in [-0.15, -0.1) is 0 Å². The highest BCUT2D eigenvalue weighted by Crippen LogP contribution is 2.43. The second-order valence-corrected chi connectivity index (χ2v) is 8.24. The van der Waals surface area contributed by atoms with Gasteiger partial charge in [0.05, 0.1) is 20.6 Å². The molecule has 1 N–H and O–H groups in total. The first-order valence-electron chi connectivity index (χ1n) is 10.7. The molecule has 1 heterocycles. The highest BCUT2D eigenvalue weighted by molar-refractivity contribution is 5.82. The van der Waals surface area contributed by atoms with Crippen LogP contribution in [0, 0.1) is 5.82 Å². The van der Waals surface area contributed by atoms with Crippen LogP contribution in [0.3, 0.4) is 0 Å². The number of halogens is 1. The Bertz CT molecular complexity index is 1040. The van der Waals surface area contributed by atoms with Gasteiger partial charge < -0.3 is 19.2 Å². The molecular formula is C25H28FNO4. The van der Waals surface area contributed by atoms with Gasteiger partial charge in [0, 0.05) is 17.3 Å². The zero-order valence-electron chi connectivity index (χ0n) is 18.0. The maximum atomic E-state index is 14.7. The molecule has 0 saturated heterocycles. The number of ether oxygens (including phenoxy) is 2. The van der Waals surface area contributed by atoms with Crippen molar-refractivity contribution in [2.24, 2.45) is 0 Å². The Morgan fingerprint density at radius 2 is 1.87 bits per heavy atom. The Morgan fingerprint density at radius 3 is 2.58 bits per heavy atom. The van der Waals surface area contributed by atoms with E-state index >= 15 is 0 Å². The van der Waals surface area contributed by atoms with E-state index < -0.39 is 5.82 Å². The second kappa shape index (κ2) is 9.00. The van der Waals surface area contributed by atoms with E-state index in [1.807, 2.05) is 36.4 Å². The number of carbonyl (C=O) groups excluding carboxylic acids is 1. The fraction of sp³-hybridized carbons (Fsp3) is 0.400. The van der Waals surface area contributed by atoms with Crippen molar-refractivity contribution in [2.75, 3.05) is 20.8 Å². The molecule has 6 heteroatoms. The average Bonchev–Trinajstić information content (AvgIpc) is 3.20. The predicted molar refractivity (Wildman–Crippen MR) is 117 cm³/mol. The van der Waals surface area contributed by atoms with Crippen molar-refractivity contribution in [2.45, 2.75) is 43.9 Å². The number of furan rings is 1. The van der Waals surface area contributed by atoms with Crippen LogP contribution in [0.25, 0.3) is 11.0 Å². The van der Waals surface area contributed by atoms with Gasteiger partial charge in [0.2, 0.25) is 5.91 Å². The maximum Gasteiger partial charge on any atom is 0.227 e. The second-order valence-electron chi connectivity index (χ2n) is 8.24. The Labute approximate surface area is 181 Å². The molecular weight excluding hydrogens is 397 g/mol. The van der Waals surface area contributed by atoms with Crippen molar-refractivity contribution in [1.82, 2.24) is 5.32 Å². The fourth-order valence-electron chi connectivity index (χ4n) is 4.63. The minimum atomic E-state index is -0.449. The topological polar surface area (TPSA) is 60.7 Å². The summed E-state index contributed by atoms with van der Waals surface area (Å²) in [7, 11) is 2.93. The molecule has 0 aliphatic heterocycles. The predicted octanol–water partition coefficient (Wildman–Crippen LogP) is 5.15. The zero-order valence-corrected chi connectivity index (χ0v) is 18.0. The first-order chi connectivity index (χ1) is 15.0. The van der Waals surface area contributed by atoms with E-state index in [1.165, 1.54) is 20.3 Å². The third-order valence-corrected chi connectivity index (χ3v) is 6.29. The maximum absolute atomic E-state index is 14.7. The van der Waals surface area contributed by atoms with Crippen molar-refractivity contribution in [3.8, 4) is 11.5 Å². The van der Waals surface area contributed by atoms with Gasteiger partial charge in [0.15, 0.2) is 17.3 Å². The molecule has 1 aliphatic rings. The van der Waals surface area contributed by atoms with Gasteiger partial charge in [-0.3, -0.25) is 4.79 Å². The number of benzene rings is 2. The minimum Gasteiger partial charge on any atom is -0.493 e. The molecule has 1 amide bonds. The van der Waals surface area contributed by atoms with Crippen molar-refractivity contribution in [1.29, 1.82) is 0 Å². The monoisotopic (exact) mass is 425 g/mol. The molecule has 31 heavy (non-hydrogen) atoms. The molecule has 4 rings (SSSR count). The van der Waals surface area contributed by atoms with E-state index in [0.717, 1.165) is 48.6 Å². The number of hydrogen-bond acceptors (Lipinski definition) is 4. The van der Waals surface area contributed by atoms with E-state index in [2.05, 4.69) is 5.32 Å². The van der Waals surface area contributed by atoms with Gasteiger partial charge in [-0.25, -0.2) is 4.39 Å². The number of methoxy groups -OCH3 is 2. The molecule has 1 aliphatic carbocycles. The van der Waals surface area contributed by atoms with Crippen LogP contribution in [-0.4, -0.2) is 26.7 Å². The quantitative estimate of drug-likeness (QED) is 0.569. The molecule has 164 valence electrons. The molecule has 1 saturated carbocycles. The number of nitrogens with one attached hydrogen (secondary N) is 1. The SMILES string of the molecule is COc1cc(C2(CNC(=O)Cc3cc4ccccc4o3)CCCCC2)cc(F)c1OC. The van der Waals surface area contributed by atoms with Gasteiger partial charge >= 0.3 is 0 Å². The van der Waals surface area contributed by atoms with Crippen LogP contribution < -0.4 is 14.8 Å². The highest BCUT2D eigenvalue weighted by atomic mass is 19.1. The molecule has 0 unspecified atom stereocenters. The van der Waals surface area contributed by atoms with Crippen molar-refractivity contribution >= 4 is 16.9 Å². The minimum absolute atomic E-state index is 0.103. The molecule has 5 nitrogen and oxygen atoms in total. The Morgan fingerprint density at radius 1 is 1.10 bits per heavy atom. The van der Waals surface area contributed by atoms with Crippen LogP contribution in [0.5, 0.6) is 11.5 Å². The number of amides is 1. The summed E-state index contributed by atoms with van der Waals surface area (Å²) in [6, 6.07) is 13.0. The van der Waals surface area contributed by atoms with Crippen LogP contribution in [0.4, 0.5) is 4.39 Å². The lowest BCUT2D eigenvalue weighted by atomic mass is 9.69. The third-order valence-electron chi connectivity index (χ3n) is 6.29. The summed E-state index contributed by atoms with van der Waals surface area (Å²) in [6.45, 7) is 0.445. The Kier molecular flexibility index (Phi) is 6.16. The summed E-state index contributed by atoms with van der Waals surface area (Å²) in [5.41, 5.74) is 1.28. The number of hydrogen-bond donors (Lipinski definition) is 1. The van der Waals surface area contributed by atoms with Crippen LogP contribution in [-0.2, 0) is 16.6 Å². The Hall–Kier alpha value is -3.02. The highest BCUT2D eigenvalue weighted by Gasteiger charge is 2.36. The summed E-state index contributed by atoms with van der Waals surface area (Å²) < 4.78 is 31.0. The van der Waals surface area contributed by atoms with E-state index in [9.17, 15) is 9.18 Å². The number of fused-ring (bicyclic) bond motifs is 1. The van der Waals surface area contributed by atoms with Crippen LogP contribution >= 0.6 is 0 Å². The zero-order chi connectivity index (χ0) is 21.8. The molecule has 2 aromatic carbocycles. The van der Waals surface area contributed by atoms with Crippen molar-refractivity contribution in [3.63, 3.8) is 0 Å². The summed E-state index contributed by atoms with van der Waals surface area (Å²) in [4.78, 5) is 12.7. The molecule has 1 fully saturated rings. The first kappa shape index (κ1) is 21.2. The van der Waals surface area contributed by atoms with Gasteiger partial charge in [0.25, 0.3) is 0 Å². The molecule has 0 atom stereocenters. The fourth-order valence-corrected chi connectivity index (χ4v) is 4.63. The molecule has 1 aromatic heterocycles. The van der Waals surface area contributed by atoms with Gasteiger partial charge in [-0.1, -0.05) is 37.5 Å². The van der Waals surface area contributed by atoms with Gasteiger partial charge in [-0.2, -0.15) is 0 Å². The number of carbonyl (C=O) groups is 1. The lowest BCUT2D eigenvalue weighted by Gasteiger charge is -2.38. The third kappa shape index (κ3) is 4.38. The van der Waals surface area contributed by atoms with Gasteiger partial charge in [0.1, 0.15) is 11.3 Å². The average molecular weight is 426 g/mol. The van der Waals surface area contributed by atoms with E-state index in [4.69, 9.17) is 13.9 Å². The normalized spacial score (nSPS) is 15.6. The molecule has 0 bridgehead atoms. The summed E-state index contributed by atoms with van der Waals surface area (Å²) in [5, 5.41) is 4.06. The molecule has 0 radical (unpaired) electrons. The van der Waals surface area contributed by atoms with E-state index in [-0.39, 0.29) is 23.5 Å². The lowest BCUT2D eigenvalue weighted by molar-refractivity contribution is -0.121. The van der Waals surface area contributed by atoms with Crippen molar-refractivity contribution in [3.05, 3.63) is 59.6 Å². The standard InChI is InChI=1S/C25H28FNO4/c1-29-22-14-18(13-20(26)24(22)30-2)25(10-6-3-7-11-25)16-27-23(28)15-19-12-17-8-4-5-9-21(17)31-19/h4-5,8-9,12-14H,3,6-7,10-11,15-16H2,1-2H3,(H,27,28). The Balaban J connectivity index is 1.53. The van der Waals surface area contributed by atoms with E-state index in [1.54, 1.807) is 0 Å². The first-order valence-corrected chi connectivity index (χ1v) is 10.7. The summed E-state index contributed by atoms with van der Waals surface area (Å²) in [6.07, 6.45) is 5.15. The van der Waals surface area contributed by atoms with E-state index in [0.29, 0.717) is 18.1 Å². The number of para-hydroxylation sites is 1.